The number of hydrogen-bond donors (Lipinski definition) is 3. The van der Waals surface area contributed by atoms with Crippen molar-refractivity contribution >= 4 is 16.0 Å². The lowest BCUT2D eigenvalue weighted by Gasteiger charge is -2.26. The Labute approximate surface area is 149 Å². The van der Waals surface area contributed by atoms with Crippen LogP contribution >= 0.6 is 0 Å². The molecule has 0 saturated carbocycles. The molecule has 3 N–H and O–H groups in total. The first kappa shape index (κ1) is 21.2. The maximum absolute atomic E-state index is 12.9. The van der Waals surface area contributed by atoms with E-state index in [4.69, 9.17) is 4.74 Å². The number of nitrogens with zero attached hydrogens (tertiary/aromatic N) is 1. The van der Waals surface area contributed by atoms with Crippen molar-refractivity contribution in [2.75, 3.05) is 26.4 Å². The maximum atomic E-state index is 12.9. The van der Waals surface area contributed by atoms with Gasteiger partial charge >= 0.3 is 0 Å². The molecule has 1 unspecified atom stereocenters. The van der Waals surface area contributed by atoms with Crippen molar-refractivity contribution < 1.29 is 17.5 Å². The van der Waals surface area contributed by atoms with E-state index in [1.807, 2.05) is 6.92 Å². The molecule has 7 nitrogen and oxygen atoms in total. The van der Waals surface area contributed by atoms with E-state index < -0.39 is 15.6 Å². The van der Waals surface area contributed by atoms with Crippen LogP contribution in [-0.4, -0.2) is 52.4 Å². The minimum Gasteiger partial charge on any atom is -0.489 e. The summed E-state index contributed by atoms with van der Waals surface area (Å²) in [5.74, 6) is 0.795. The summed E-state index contributed by atoms with van der Waals surface area (Å²) >= 11 is 0. The molecule has 0 amide bonds. The zero-order valence-corrected chi connectivity index (χ0v) is 16.1. The van der Waals surface area contributed by atoms with E-state index in [1.165, 1.54) is 12.1 Å². The van der Waals surface area contributed by atoms with Crippen LogP contribution in [0, 0.1) is 5.82 Å². The second-order valence-corrected chi connectivity index (χ2v) is 8.20. The molecule has 0 heterocycles. The highest BCUT2D eigenvalue weighted by molar-refractivity contribution is 7.88. The Morgan fingerprint density at radius 3 is 2.40 bits per heavy atom. The topological polar surface area (TPSA) is 91.8 Å². The van der Waals surface area contributed by atoms with E-state index in [0.29, 0.717) is 24.8 Å². The van der Waals surface area contributed by atoms with Gasteiger partial charge in [0, 0.05) is 19.1 Å². The molecule has 0 aliphatic rings. The third kappa shape index (κ3) is 9.25. The van der Waals surface area contributed by atoms with Crippen LogP contribution in [0.3, 0.4) is 0 Å². The van der Waals surface area contributed by atoms with Gasteiger partial charge in [-0.3, -0.25) is 4.99 Å². The maximum Gasteiger partial charge on any atom is 0.209 e. The molecule has 0 radical (unpaired) electrons. The Bertz CT molecular complexity index is 675. The smallest absolute Gasteiger partial charge is 0.209 e. The highest BCUT2D eigenvalue weighted by atomic mass is 32.2. The van der Waals surface area contributed by atoms with Crippen molar-refractivity contribution in [1.29, 1.82) is 0 Å². The number of guanidine groups is 1. The number of ether oxygens (including phenoxy) is 1. The van der Waals surface area contributed by atoms with Crippen LogP contribution in [0.5, 0.6) is 5.75 Å². The molecule has 0 bridgehead atoms. The van der Waals surface area contributed by atoms with Gasteiger partial charge in [0.05, 0.1) is 12.8 Å². The number of benzene rings is 1. The Morgan fingerprint density at radius 1 is 1.28 bits per heavy atom. The number of aliphatic imine (C=N–C) groups is 1. The molecule has 1 aromatic carbocycles. The minimum atomic E-state index is -3.30. The zero-order valence-electron chi connectivity index (χ0n) is 15.3. The normalized spacial score (nSPS) is 14.1. The van der Waals surface area contributed by atoms with Crippen LogP contribution < -0.4 is 20.1 Å². The summed E-state index contributed by atoms with van der Waals surface area (Å²) in [4.78, 5) is 4.09. The second-order valence-electron chi connectivity index (χ2n) is 6.45. The van der Waals surface area contributed by atoms with Crippen LogP contribution in [0.4, 0.5) is 4.39 Å². The first-order valence-electron chi connectivity index (χ1n) is 7.86. The predicted molar refractivity (Wildman–Crippen MR) is 97.9 cm³/mol. The van der Waals surface area contributed by atoms with E-state index in [-0.39, 0.29) is 11.9 Å². The standard InChI is InChI=1S/C16H27FN4O3S/c1-12(24-14-8-6-13(17)7-9-14)10-19-15(18-4)20-11-16(2,3)21-25(5,22)23/h6-9,12,21H,10-11H2,1-5H3,(H2,18,19,20). The fourth-order valence-corrected chi connectivity index (χ4v) is 3.17. The lowest BCUT2D eigenvalue weighted by Crippen LogP contribution is -2.53. The molecule has 1 atom stereocenters. The van der Waals surface area contributed by atoms with E-state index in [1.54, 1.807) is 33.0 Å². The van der Waals surface area contributed by atoms with Gasteiger partial charge in [-0.1, -0.05) is 0 Å². The SMILES string of the molecule is CN=C(NCC(C)Oc1ccc(F)cc1)NCC(C)(C)NS(C)(=O)=O. The van der Waals surface area contributed by atoms with Gasteiger partial charge in [-0.05, 0) is 45.0 Å². The average molecular weight is 374 g/mol. The van der Waals surface area contributed by atoms with E-state index >= 15 is 0 Å². The Kier molecular flexibility index (Phi) is 7.62. The summed E-state index contributed by atoms with van der Waals surface area (Å²) in [5, 5.41) is 6.16. The Balaban J connectivity index is 2.44. The highest BCUT2D eigenvalue weighted by Crippen LogP contribution is 2.12. The zero-order chi connectivity index (χ0) is 19.1. The fourth-order valence-electron chi connectivity index (χ4n) is 2.09. The molecule has 9 heteroatoms. The van der Waals surface area contributed by atoms with Crippen molar-refractivity contribution in [3.8, 4) is 5.75 Å². The average Bonchev–Trinajstić information content (AvgIpc) is 2.47. The second kappa shape index (κ2) is 9.00. The summed E-state index contributed by atoms with van der Waals surface area (Å²) in [6, 6.07) is 5.82. The molecule has 25 heavy (non-hydrogen) atoms. The van der Waals surface area contributed by atoms with Gasteiger partial charge in [-0.15, -0.1) is 0 Å². The summed E-state index contributed by atoms with van der Waals surface area (Å²) in [7, 11) is -1.67. The molecule has 142 valence electrons. The van der Waals surface area contributed by atoms with E-state index in [0.717, 1.165) is 6.26 Å². The quantitative estimate of drug-likeness (QED) is 0.468. The van der Waals surface area contributed by atoms with Gasteiger partial charge in [0.25, 0.3) is 0 Å². The van der Waals surface area contributed by atoms with Crippen LogP contribution in [0.25, 0.3) is 0 Å². The van der Waals surface area contributed by atoms with Gasteiger partial charge in [-0.25, -0.2) is 17.5 Å². The third-order valence-corrected chi connectivity index (χ3v) is 4.01. The lowest BCUT2D eigenvalue weighted by atomic mass is 10.1. The highest BCUT2D eigenvalue weighted by Gasteiger charge is 2.22. The number of hydrogen-bond acceptors (Lipinski definition) is 4. The van der Waals surface area contributed by atoms with Gasteiger partial charge in [0.1, 0.15) is 17.7 Å². The largest absolute Gasteiger partial charge is 0.489 e. The van der Waals surface area contributed by atoms with Gasteiger partial charge in [0.2, 0.25) is 10.0 Å². The van der Waals surface area contributed by atoms with Crippen molar-refractivity contribution in [1.82, 2.24) is 15.4 Å². The lowest BCUT2D eigenvalue weighted by molar-refractivity contribution is 0.223. The molecule has 1 rings (SSSR count). The number of rotatable bonds is 8. The molecule has 0 aliphatic carbocycles. The summed E-state index contributed by atoms with van der Waals surface area (Å²) in [5.41, 5.74) is -0.665. The fraction of sp³-hybridized carbons (Fsp3) is 0.562. The first-order chi connectivity index (χ1) is 11.5. The Morgan fingerprint density at radius 2 is 1.88 bits per heavy atom. The monoisotopic (exact) mass is 374 g/mol. The van der Waals surface area contributed by atoms with Crippen LogP contribution in [-0.2, 0) is 10.0 Å². The first-order valence-corrected chi connectivity index (χ1v) is 9.75. The summed E-state index contributed by atoms with van der Waals surface area (Å²) in [6.45, 7) is 6.24. The van der Waals surface area contributed by atoms with Crippen LogP contribution in [0.2, 0.25) is 0 Å². The van der Waals surface area contributed by atoms with E-state index in [9.17, 15) is 12.8 Å². The van der Waals surface area contributed by atoms with Crippen molar-refractivity contribution in [2.24, 2.45) is 4.99 Å². The summed E-state index contributed by atoms with van der Waals surface area (Å²) < 4.78 is 43.8. The van der Waals surface area contributed by atoms with Crippen molar-refractivity contribution in [3.63, 3.8) is 0 Å². The molecule has 0 saturated heterocycles. The number of halogens is 1. The van der Waals surface area contributed by atoms with Crippen molar-refractivity contribution in [3.05, 3.63) is 30.1 Å². The third-order valence-electron chi connectivity index (χ3n) is 3.09. The van der Waals surface area contributed by atoms with Crippen LogP contribution in [0.15, 0.2) is 29.3 Å². The van der Waals surface area contributed by atoms with Gasteiger partial charge in [0.15, 0.2) is 5.96 Å². The number of sulfonamides is 1. The molecule has 0 aliphatic heterocycles. The Hall–Kier alpha value is -1.87. The molecule has 0 aromatic heterocycles. The molecule has 1 aromatic rings. The van der Waals surface area contributed by atoms with Crippen molar-refractivity contribution in [2.45, 2.75) is 32.4 Å². The predicted octanol–water partition coefficient (Wildman–Crippen LogP) is 1.09. The number of nitrogens with one attached hydrogen (secondary N) is 3. The minimum absolute atomic E-state index is 0.175. The van der Waals surface area contributed by atoms with Gasteiger partial charge < -0.3 is 15.4 Å². The van der Waals surface area contributed by atoms with Crippen LogP contribution in [0.1, 0.15) is 20.8 Å². The molecule has 0 spiro atoms. The van der Waals surface area contributed by atoms with E-state index in [2.05, 4.69) is 20.3 Å². The summed E-state index contributed by atoms with van der Waals surface area (Å²) in [6.07, 6.45) is 0.946. The molecule has 0 fully saturated rings. The van der Waals surface area contributed by atoms with Gasteiger partial charge in [-0.2, -0.15) is 0 Å². The molecular weight excluding hydrogens is 347 g/mol. The molecular formula is C16H27FN4O3S.